The average Bonchev–Trinajstić information content (AvgIpc) is 3.87. The number of nitrogens with zero attached hydrogens (tertiary/aromatic N) is 3. The molecule has 0 atom stereocenters. The molecule has 5 nitrogen and oxygen atoms in total. The summed E-state index contributed by atoms with van der Waals surface area (Å²) in [5, 5.41) is 14.5. The Morgan fingerprint density at radius 3 is 0.758 bits per heavy atom. The van der Waals surface area contributed by atoms with Gasteiger partial charge in [0, 0.05) is 39.5 Å². The molecular weight excluding hydrogens is 755 g/mol. The van der Waals surface area contributed by atoms with Gasteiger partial charge in [0.05, 0.1) is 12.4 Å². The molecule has 4 rings (SSSR count). The van der Waals surface area contributed by atoms with Crippen LogP contribution in [0.1, 0.15) is 266 Å². The lowest BCUT2D eigenvalue weighted by Crippen LogP contribution is -2.23. The first-order valence-electron chi connectivity index (χ1n) is 24.1. The van der Waals surface area contributed by atoms with Gasteiger partial charge in [-0.25, -0.2) is 0 Å². The van der Waals surface area contributed by atoms with Crippen molar-refractivity contribution in [1.29, 1.82) is 0 Å². The second-order valence-electron chi connectivity index (χ2n) is 23.3. The highest BCUT2D eigenvalue weighted by Crippen LogP contribution is 2.35. The van der Waals surface area contributed by atoms with Gasteiger partial charge in [0.15, 0.2) is 0 Å². The molecule has 62 heavy (non-hydrogen) atoms. The highest BCUT2D eigenvalue weighted by molar-refractivity contribution is 5.37. The minimum Gasteiger partial charge on any atom is -0.282 e. The van der Waals surface area contributed by atoms with Crippen LogP contribution in [0.25, 0.3) is 0 Å². The van der Waals surface area contributed by atoms with Crippen LogP contribution in [-0.4, -0.2) is 25.4 Å². The topological polar surface area (TPSA) is 70.2 Å². The lowest BCUT2D eigenvalue weighted by Gasteiger charge is -2.29. The zero-order valence-corrected chi connectivity index (χ0v) is 47.5. The quantitative estimate of drug-likeness (QED) is 0.185. The number of hydrogen-bond donors (Lipinski definition) is 2. The first-order valence-corrected chi connectivity index (χ1v) is 24.1. The molecule has 3 aromatic heterocycles. The Bertz CT molecular complexity index is 1460. The molecule has 1 aromatic carbocycles. The number of rotatable bonds is 0. The summed E-state index contributed by atoms with van der Waals surface area (Å²) in [6.07, 6.45) is 5.77. The number of hydrogen-bond acceptors (Lipinski definition) is 3. The fraction of sp³-hybridized carbons (Fsp3) is 0.702. The maximum absolute atomic E-state index is 4.52. The van der Waals surface area contributed by atoms with Gasteiger partial charge in [-0.1, -0.05) is 252 Å². The van der Waals surface area contributed by atoms with Gasteiger partial charge in [0.2, 0.25) is 0 Å². The zero-order valence-electron chi connectivity index (χ0n) is 47.5. The molecule has 0 spiro atoms. The molecule has 360 valence electrons. The lowest BCUT2D eigenvalue weighted by atomic mass is 9.75. The minimum absolute atomic E-state index is 0.129. The van der Waals surface area contributed by atoms with E-state index in [0.717, 1.165) is 0 Å². The fourth-order valence-corrected chi connectivity index (χ4v) is 6.25. The number of aromatic amines is 2. The van der Waals surface area contributed by atoms with E-state index in [4.69, 9.17) is 0 Å². The predicted octanol–water partition coefficient (Wildman–Crippen LogP) is 18.1. The number of H-pyrrole nitrogens is 2. The summed E-state index contributed by atoms with van der Waals surface area (Å²) in [6, 6.07) is 13.0. The van der Waals surface area contributed by atoms with E-state index >= 15 is 0 Å². The Labute approximate surface area is 388 Å². The molecule has 0 saturated carbocycles. The van der Waals surface area contributed by atoms with Crippen LogP contribution in [0.4, 0.5) is 0 Å². The van der Waals surface area contributed by atoms with E-state index in [2.05, 4.69) is 222 Å². The van der Waals surface area contributed by atoms with Gasteiger partial charge in [-0.05, 0) is 61.0 Å². The van der Waals surface area contributed by atoms with Crippen molar-refractivity contribution in [2.24, 2.45) is 0 Å². The molecule has 3 heterocycles. The molecular formula is C57H107N5. The molecule has 0 aliphatic carbocycles. The van der Waals surface area contributed by atoms with Crippen LogP contribution >= 0.6 is 0 Å². The maximum Gasteiger partial charge on any atom is 0.0527 e. The second kappa shape index (κ2) is 27.2. The van der Waals surface area contributed by atoms with Crippen LogP contribution in [0.15, 0.2) is 55.0 Å². The van der Waals surface area contributed by atoms with Crippen molar-refractivity contribution in [3.05, 3.63) is 99.9 Å². The summed E-state index contributed by atoms with van der Waals surface area (Å²) in [5.41, 5.74) is 12.1. The van der Waals surface area contributed by atoms with Gasteiger partial charge in [-0.3, -0.25) is 15.2 Å². The first kappa shape index (κ1) is 65.4. The number of benzene rings is 1. The third kappa shape index (κ3) is 23.5. The highest BCUT2D eigenvalue weighted by Gasteiger charge is 2.29. The average molecular weight is 863 g/mol. The molecule has 0 amide bonds. The van der Waals surface area contributed by atoms with Crippen molar-refractivity contribution in [3.63, 3.8) is 0 Å². The summed E-state index contributed by atoms with van der Waals surface area (Å²) in [6.45, 7) is 69.5. The maximum atomic E-state index is 4.52. The number of aromatic nitrogens is 5. The van der Waals surface area contributed by atoms with E-state index < -0.39 is 0 Å². The Morgan fingerprint density at radius 2 is 0.565 bits per heavy atom. The molecule has 0 unspecified atom stereocenters. The van der Waals surface area contributed by atoms with E-state index in [1.807, 2.05) is 80.0 Å². The van der Waals surface area contributed by atoms with Gasteiger partial charge in [-0.2, -0.15) is 10.2 Å². The third-order valence-corrected chi connectivity index (χ3v) is 9.26. The molecule has 0 radical (unpaired) electrons. The van der Waals surface area contributed by atoms with Gasteiger partial charge in [0.1, 0.15) is 0 Å². The largest absolute Gasteiger partial charge is 0.282 e. The summed E-state index contributed by atoms with van der Waals surface area (Å²) >= 11 is 0. The van der Waals surface area contributed by atoms with Crippen molar-refractivity contribution in [3.8, 4) is 0 Å². The van der Waals surface area contributed by atoms with Crippen LogP contribution in [0, 0.1) is 0 Å². The van der Waals surface area contributed by atoms with Crippen LogP contribution < -0.4 is 0 Å². The first-order chi connectivity index (χ1) is 27.9. The highest BCUT2D eigenvalue weighted by atomic mass is 15.1. The summed E-state index contributed by atoms with van der Waals surface area (Å²) in [7, 11) is 0. The van der Waals surface area contributed by atoms with Crippen molar-refractivity contribution in [1.82, 2.24) is 25.4 Å². The van der Waals surface area contributed by atoms with E-state index in [-0.39, 0.29) is 43.3 Å². The van der Waals surface area contributed by atoms with Crippen molar-refractivity contribution in [2.75, 3.05) is 0 Å². The zero-order chi connectivity index (χ0) is 50.5. The molecule has 0 bridgehead atoms. The second-order valence-corrected chi connectivity index (χ2v) is 23.3. The summed E-state index contributed by atoms with van der Waals surface area (Å²) in [5.74, 6) is 0. The molecule has 5 heteroatoms. The summed E-state index contributed by atoms with van der Waals surface area (Å²) < 4.78 is 0. The minimum atomic E-state index is 0.129. The molecule has 0 aliphatic rings. The van der Waals surface area contributed by atoms with Crippen molar-refractivity contribution < 1.29 is 0 Å². The monoisotopic (exact) mass is 862 g/mol. The van der Waals surface area contributed by atoms with Crippen LogP contribution in [0.2, 0.25) is 0 Å². The van der Waals surface area contributed by atoms with Crippen LogP contribution in [-0.2, 0) is 43.3 Å². The molecule has 0 saturated heterocycles. The van der Waals surface area contributed by atoms with Crippen LogP contribution in [0.3, 0.4) is 0 Å². The third-order valence-electron chi connectivity index (χ3n) is 9.26. The Morgan fingerprint density at radius 1 is 0.306 bits per heavy atom. The van der Waals surface area contributed by atoms with E-state index in [0.29, 0.717) is 0 Å². The number of pyridine rings is 1. The number of nitrogens with one attached hydrogen (secondary N) is 2. The van der Waals surface area contributed by atoms with Gasteiger partial charge in [0.25, 0.3) is 0 Å². The predicted molar refractivity (Wildman–Crippen MR) is 283 cm³/mol. The van der Waals surface area contributed by atoms with Crippen molar-refractivity contribution >= 4 is 0 Å². The molecule has 0 aliphatic heterocycles. The van der Waals surface area contributed by atoms with Gasteiger partial charge in [-0.15, -0.1) is 0 Å². The standard InChI is InChI=1S/C14H22.C13H21N.2C11H20N2.4C2H6/c1-13(2,3)11-9-7-8-10-12(11)14(4,5)6;1-12(2,3)10-8-7-9-14-11(10)13(4,5)6;2*1-10(2,3)8-7-12-13-9(8)11(4,5)6;4*1-2/h7-10H,1-6H3;7-9H,1-6H3;2*7H,1-6H3,(H,12,13);4*1-2H3. The van der Waals surface area contributed by atoms with Crippen LogP contribution in [0.5, 0.6) is 0 Å². The normalized spacial score (nSPS) is 11.9. The van der Waals surface area contributed by atoms with Gasteiger partial charge < -0.3 is 0 Å². The molecule has 2 N–H and O–H groups in total. The smallest absolute Gasteiger partial charge is 0.0527 e. The Kier molecular flexibility index (Phi) is 28.7. The Hall–Kier alpha value is -3.21. The van der Waals surface area contributed by atoms with E-state index in [1.165, 1.54) is 44.9 Å². The molecule has 0 fully saturated rings. The SMILES string of the molecule is CC.CC.CC.CC.CC(C)(C)c1ccccc1C(C)(C)C.CC(C)(C)c1cccnc1C(C)(C)C.CC(C)(C)c1cn[nH]c1C(C)(C)C.CC(C)(C)c1cn[nH]c1C(C)(C)C. The van der Waals surface area contributed by atoms with E-state index in [9.17, 15) is 0 Å². The van der Waals surface area contributed by atoms with E-state index in [1.54, 1.807) is 0 Å². The fourth-order valence-electron chi connectivity index (χ4n) is 6.25. The van der Waals surface area contributed by atoms with Crippen molar-refractivity contribution in [2.45, 2.75) is 265 Å². The van der Waals surface area contributed by atoms with Gasteiger partial charge >= 0.3 is 0 Å². The Balaban J connectivity index is -0.000000342. The lowest BCUT2D eigenvalue weighted by molar-refractivity contribution is 0.514. The summed E-state index contributed by atoms with van der Waals surface area (Å²) in [4.78, 5) is 4.52. The molecule has 4 aromatic rings.